The zero-order valence-electron chi connectivity index (χ0n) is 21.3. The van der Waals surface area contributed by atoms with E-state index in [1.807, 2.05) is 20.8 Å². The molecule has 2 aliphatic rings. The van der Waals surface area contributed by atoms with E-state index in [-0.39, 0.29) is 48.4 Å². The molecule has 1 fully saturated rings. The van der Waals surface area contributed by atoms with Gasteiger partial charge in [0.2, 0.25) is 6.29 Å². The third kappa shape index (κ3) is 6.80. The van der Waals surface area contributed by atoms with Crippen LogP contribution in [0.3, 0.4) is 0 Å². The minimum atomic E-state index is -0.818. The maximum absolute atomic E-state index is 12.6. The standard InChI is InChI=1S/C27H34O9/c1-15(2)10-25(31)36-27-26-16(3)22(12-20(26)19(14-34-27)13-33-17(4)28)35-24(30)9-7-18-6-8-21(29)23(11-18)32-5/h6-9,11,14-16,20,22,26-27,29H,10,12-13H2,1-5H3/t16-,20+,22-,26+,27-/m0/s1. The summed E-state index contributed by atoms with van der Waals surface area (Å²) in [6.45, 7) is 7.17. The molecule has 1 aliphatic heterocycles. The van der Waals surface area contributed by atoms with Gasteiger partial charge in [0.25, 0.3) is 0 Å². The summed E-state index contributed by atoms with van der Waals surface area (Å²) in [7, 11) is 1.44. The van der Waals surface area contributed by atoms with E-state index in [9.17, 15) is 19.5 Å². The van der Waals surface area contributed by atoms with Gasteiger partial charge in [-0.3, -0.25) is 9.59 Å². The number of methoxy groups -OCH3 is 1. The number of esters is 3. The van der Waals surface area contributed by atoms with Crippen LogP contribution < -0.4 is 4.74 Å². The fraction of sp³-hybridized carbons (Fsp3) is 0.519. The summed E-state index contributed by atoms with van der Waals surface area (Å²) >= 11 is 0. The number of hydrogen-bond acceptors (Lipinski definition) is 9. The van der Waals surface area contributed by atoms with Crippen LogP contribution in [0.1, 0.15) is 46.1 Å². The second kappa shape index (κ2) is 12.0. The Labute approximate surface area is 211 Å². The lowest BCUT2D eigenvalue weighted by Gasteiger charge is -2.35. The normalized spacial score (nSPS) is 25.1. The van der Waals surface area contributed by atoms with Gasteiger partial charge in [-0.2, -0.15) is 0 Å². The lowest BCUT2D eigenvalue weighted by Crippen LogP contribution is -2.39. The van der Waals surface area contributed by atoms with Crippen molar-refractivity contribution in [3.05, 3.63) is 41.7 Å². The molecule has 36 heavy (non-hydrogen) atoms. The van der Waals surface area contributed by atoms with Crippen LogP contribution in [0.5, 0.6) is 11.5 Å². The molecule has 1 aromatic carbocycles. The van der Waals surface area contributed by atoms with Crippen LogP contribution in [0.25, 0.3) is 6.08 Å². The van der Waals surface area contributed by atoms with Crippen LogP contribution in [-0.2, 0) is 33.3 Å². The van der Waals surface area contributed by atoms with Crippen LogP contribution in [0.4, 0.5) is 0 Å². The molecule has 0 amide bonds. The number of phenolic OH excluding ortho intramolecular Hbond substituents is 1. The fourth-order valence-corrected chi connectivity index (χ4v) is 4.65. The van der Waals surface area contributed by atoms with Crippen molar-refractivity contribution in [3.63, 3.8) is 0 Å². The van der Waals surface area contributed by atoms with Gasteiger partial charge in [0.05, 0.1) is 13.4 Å². The highest BCUT2D eigenvalue weighted by Gasteiger charge is 2.52. The summed E-state index contributed by atoms with van der Waals surface area (Å²) in [4.78, 5) is 36.3. The summed E-state index contributed by atoms with van der Waals surface area (Å²) < 4.78 is 27.5. The number of phenols is 1. The molecule has 196 valence electrons. The minimum Gasteiger partial charge on any atom is -0.504 e. The molecule has 3 rings (SSSR count). The van der Waals surface area contributed by atoms with E-state index in [0.717, 1.165) is 5.57 Å². The Morgan fingerprint density at radius 1 is 1.22 bits per heavy atom. The van der Waals surface area contributed by atoms with Crippen molar-refractivity contribution in [2.75, 3.05) is 13.7 Å². The van der Waals surface area contributed by atoms with Crippen molar-refractivity contribution in [2.45, 2.75) is 52.9 Å². The quantitative estimate of drug-likeness (QED) is 0.304. The topological polar surface area (TPSA) is 118 Å². The molecule has 9 nitrogen and oxygen atoms in total. The number of rotatable bonds is 9. The molecule has 0 bridgehead atoms. The molecule has 1 aliphatic carbocycles. The number of hydrogen-bond donors (Lipinski definition) is 1. The number of aromatic hydroxyl groups is 1. The minimum absolute atomic E-state index is 0.00286. The molecule has 5 atom stereocenters. The maximum atomic E-state index is 12.6. The first-order valence-corrected chi connectivity index (χ1v) is 12.0. The fourth-order valence-electron chi connectivity index (χ4n) is 4.65. The zero-order chi connectivity index (χ0) is 26.4. The van der Waals surface area contributed by atoms with Gasteiger partial charge >= 0.3 is 17.9 Å². The highest BCUT2D eigenvalue weighted by molar-refractivity contribution is 5.87. The predicted molar refractivity (Wildman–Crippen MR) is 129 cm³/mol. The lowest BCUT2D eigenvalue weighted by atomic mass is 9.83. The van der Waals surface area contributed by atoms with Crippen molar-refractivity contribution in [1.82, 2.24) is 0 Å². The first kappa shape index (κ1) is 27.1. The Hall–Kier alpha value is -3.49. The largest absolute Gasteiger partial charge is 0.504 e. The van der Waals surface area contributed by atoms with Gasteiger partial charge in [0.1, 0.15) is 12.7 Å². The van der Waals surface area contributed by atoms with Crippen molar-refractivity contribution < 1.29 is 43.2 Å². The molecule has 0 radical (unpaired) electrons. The second-order valence-corrected chi connectivity index (χ2v) is 9.58. The lowest BCUT2D eigenvalue weighted by molar-refractivity contribution is -0.190. The number of benzene rings is 1. The van der Waals surface area contributed by atoms with Crippen molar-refractivity contribution in [1.29, 1.82) is 0 Å². The van der Waals surface area contributed by atoms with Crippen molar-refractivity contribution >= 4 is 24.0 Å². The van der Waals surface area contributed by atoms with Gasteiger partial charge in [0, 0.05) is 42.7 Å². The van der Waals surface area contributed by atoms with Gasteiger partial charge in [-0.1, -0.05) is 26.8 Å². The number of ether oxygens (including phenoxy) is 5. The van der Waals surface area contributed by atoms with Crippen LogP contribution in [-0.4, -0.2) is 49.1 Å². The molecular formula is C27H34O9. The van der Waals surface area contributed by atoms with Crippen LogP contribution in [0.2, 0.25) is 0 Å². The Balaban J connectivity index is 1.72. The first-order chi connectivity index (χ1) is 17.1. The molecule has 0 saturated heterocycles. The highest BCUT2D eigenvalue weighted by atomic mass is 16.7. The van der Waals surface area contributed by atoms with E-state index in [4.69, 9.17) is 23.7 Å². The molecule has 1 N–H and O–H groups in total. The monoisotopic (exact) mass is 502 g/mol. The van der Waals surface area contributed by atoms with Gasteiger partial charge in [-0.25, -0.2) is 4.79 Å². The number of carbonyl (C=O) groups is 3. The smallest absolute Gasteiger partial charge is 0.331 e. The molecule has 9 heteroatoms. The van der Waals surface area contributed by atoms with Gasteiger partial charge in [0.15, 0.2) is 11.5 Å². The Bertz CT molecular complexity index is 1030. The van der Waals surface area contributed by atoms with Crippen molar-refractivity contribution in [2.24, 2.45) is 23.7 Å². The molecule has 1 saturated carbocycles. The van der Waals surface area contributed by atoms with Crippen LogP contribution >= 0.6 is 0 Å². The molecule has 1 aromatic rings. The average molecular weight is 503 g/mol. The Morgan fingerprint density at radius 3 is 2.64 bits per heavy atom. The maximum Gasteiger partial charge on any atom is 0.331 e. The molecule has 1 heterocycles. The summed E-state index contributed by atoms with van der Waals surface area (Å²) in [6, 6.07) is 4.73. The van der Waals surface area contributed by atoms with Crippen LogP contribution in [0.15, 0.2) is 36.1 Å². The highest BCUT2D eigenvalue weighted by Crippen LogP contribution is 2.48. The number of fused-ring (bicyclic) bond motifs is 1. The predicted octanol–water partition coefficient (Wildman–Crippen LogP) is 3.99. The summed E-state index contributed by atoms with van der Waals surface area (Å²) in [6.07, 6.45) is 3.84. The molecule has 0 spiro atoms. The van der Waals surface area contributed by atoms with Gasteiger partial charge in [-0.15, -0.1) is 0 Å². The van der Waals surface area contributed by atoms with E-state index in [1.165, 1.54) is 32.4 Å². The van der Waals surface area contributed by atoms with E-state index in [2.05, 4.69) is 0 Å². The summed E-state index contributed by atoms with van der Waals surface area (Å²) in [5.41, 5.74) is 1.41. The second-order valence-electron chi connectivity index (χ2n) is 9.58. The summed E-state index contributed by atoms with van der Waals surface area (Å²) in [5, 5.41) is 9.73. The van der Waals surface area contributed by atoms with Gasteiger partial charge in [-0.05, 0) is 36.1 Å². The first-order valence-electron chi connectivity index (χ1n) is 12.0. The van der Waals surface area contributed by atoms with Crippen LogP contribution in [0, 0.1) is 23.7 Å². The van der Waals surface area contributed by atoms with E-state index in [1.54, 1.807) is 18.2 Å². The molecule has 0 aromatic heterocycles. The van der Waals surface area contributed by atoms with E-state index in [0.29, 0.717) is 17.7 Å². The van der Waals surface area contributed by atoms with Crippen molar-refractivity contribution in [3.8, 4) is 11.5 Å². The van der Waals surface area contributed by atoms with Gasteiger partial charge < -0.3 is 28.8 Å². The molecule has 0 unspecified atom stereocenters. The summed E-state index contributed by atoms with van der Waals surface area (Å²) in [5.74, 6) is -1.45. The SMILES string of the molecule is COc1cc(C=CC(=O)O[C@H]2C[C@@H]3C(COC(C)=O)=CO[C@@H](OC(=O)CC(C)C)[C@@H]3[C@H]2C)ccc1O. The molecular weight excluding hydrogens is 468 g/mol. The third-order valence-corrected chi connectivity index (χ3v) is 6.44. The average Bonchev–Trinajstić information content (AvgIpc) is 3.13. The van der Waals surface area contributed by atoms with E-state index < -0.39 is 24.3 Å². The Morgan fingerprint density at radius 2 is 1.97 bits per heavy atom. The number of carbonyl (C=O) groups excluding carboxylic acids is 3. The zero-order valence-corrected chi connectivity index (χ0v) is 21.3. The Kier molecular flexibility index (Phi) is 9.01. The third-order valence-electron chi connectivity index (χ3n) is 6.44. The van der Waals surface area contributed by atoms with E-state index >= 15 is 0 Å².